The van der Waals surface area contributed by atoms with Gasteiger partial charge in [0.1, 0.15) is 0 Å². The fourth-order valence-corrected chi connectivity index (χ4v) is 1.32. The highest BCUT2D eigenvalue weighted by Gasteiger charge is 2.04. The van der Waals surface area contributed by atoms with Crippen LogP contribution < -0.4 is 0 Å². The Kier molecular flexibility index (Phi) is 4.09. The lowest BCUT2D eigenvalue weighted by Gasteiger charge is -2.06. The first-order chi connectivity index (χ1) is 7.04. The van der Waals surface area contributed by atoms with Crippen molar-refractivity contribution < 1.29 is 5.11 Å². The third-order valence-electron chi connectivity index (χ3n) is 2.43. The number of hydrogen-bond acceptors (Lipinski definition) is 2. The second-order valence-corrected chi connectivity index (χ2v) is 4.38. The molecule has 15 heavy (non-hydrogen) atoms. The highest BCUT2D eigenvalue weighted by Crippen LogP contribution is 2.14. The monoisotopic (exact) mass is 208 g/mol. The van der Waals surface area contributed by atoms with Gasteiger partial charge in [0.25, 0.3) is 0 Å². The predicted octanol–water partition coefficient (Wildman–Crippen LogP) is 2.50. The molecular formula is C12H20N2O. The van der Waals surface area contributed by atoms with E-state index < -0.39 is 0 Å². The maximum absolute atomic E-state index is 9.18. The summed E-state index contributed by atoms with van der Waals surface area (Å²) in [6, 6.07) is 0.378. The quantitative estimate of drug-likeness (QED) is 0.825. The normalized spacial score (nSPS) is 12.9. The number of aliphatic hydroxyl groups excluding tert-OH is 1. The van der Waals surface area contributed by atoms with E-state index in [1.165, 1.54) is 0 Å². The molecule has 0 spiro atoms. The van der Waals surface area contributed by atoms with E-state index >= 15 is 0 Å². The summed E-state index contributed by atoms with van der Waals surface area (Å²) in [6.45, 7) is 8.46. The van der Waals surface area contributed by atoms with Gasteiger partial charge in [-0.1, -0.05) is 19.9 Å². The van der Waals surface area contributed by atoms with Gasteiger partial charge < -0.3 is 5.11 Å². The Labute approximate surface area is 91.4 Å². The summed E-state index contributed by atoms with van der Waals surface area (Å²) in [6.07, 6.45) is 5.84. The van der Waals surface area contributed by atoms with E-state index in [2.05, 4.69) is 32.8 Å². The van der Waals surface area contributed by atoms with Crippen LogP contribution in [0.4, 0.5) is 0 Å². The van der Waals surface area contributed by atoms with Crippen LogP contribution in [0.2, 0.25) is 0 Å². The van der Waals surface area contributed by atoms with E-state index in [0.29, 0.717) is 12.0 Å². The number of aromatic nitrogens is 2. The second kappa shape index (κ2) is 5.12. The highest BCUT2D eigenvalue weighted by molar-refractivity contribution is 5.51. The molecule has 1 aromatic heterocycles. The van der Waals surface area contributed by atoms with Gasteiger partial charge >= 0.3 is 0 Å². The Balaban J connectivity index is 2.87. The van der Waals surface area contributed by atoms with Crippen molar-refractivity contribution >= 4 is 6.08 Å². The first-order valence-electron chi connectivity index (χ1n) is 5.40. The summed E-state index contributed by atoms with van der Waals surface area (Å²) in [7, 11) is 0. The van der Waals surface area contributed by atoms with Crippen LogP contribution in [0, 0.1) is 5.92 Å². The molecule has 3 heteroatoms. The molecule has 0 aliphatic heterocycles. The smallest absolute Gasteiger partial charge is 0.0647 e. The van der Waals surface area contributed by atoms with Crippen LogP contribution >= 0.6 is 0 Å². The van der Waals surface area contributed by atoms with Crippen molar-refractivity contribution in [2.24, 2.45) is 5.92 Å². The molecule has 3 nitrogen and oxygen atoms in total. The maximum atomic E-state index is 9.18. The van der Waals surface area contributed by atoms with Gasteiger partial charge in [-0.15, -0.1) is 0 Å². The number of aliphatic hydroxyl groups is 1. The van der Waals surface area contributed by atoms with E-state index in [4.69, 9.17) is 0 Å². The summed E-state index contributed by atoms with van der Waals surface area (Å²) in [4.78, 5) is 0. The summed E-state index contributed by atoms with van der Waals surface area (Å²) < 4.78 is 1.92. The molecule has 0 radical (unpaired) electrons. The van der Waals surface area contributed by atoms with E-state index in [1.807, 2.05) is 23.2 Å². The van der Waals surface area contributed by atoms with Crippen LogP contribution in [0.25, 0.3) is 6.08 Å². The molecule has 0 bridgehead atoms. The maximum Gasteiger partial charge on any atom is 0.0647 e. The van der Waals surface area contributed by atoms with Crippen molar-refractivity contribution in [1.29, 1.82) is 0 Å². The molecule has 1 aromatic rings. The van der Waals surface area contributed by atoms with Crippen molar-refractivity contribution in [1.82, 2.24) is 9.78 Å². The molecule has 1 heterocycles. The average molecular weight is 208 g/mol. The second-order valence-electron chi connectivity index (χ2n) is 4.38. The zero-order valence-corrected chi connectivity index (χ0v) is 9.94. The molecule has 84 valence electrons. The first kappa shape index (κ1) is 12.0. The summed E-state index contributed by atoms with van der Waals surface area (Å²) in [5.41, 5.74) is 2.10. The van der Waals surface area contributed by atoms with Crippen molar-refractivity contribution in [3.63, 3.8) is 0 Å². The van der Waals surface area contributed by atoms with Crippen LogP contribution in [0.3, 0.4) is 0 Å². The van der Waals surface area contributed by atoms with Gasteiger partial charge in [-0.3, -0.25) is 4.68 Å². The molecule has 0 saturated carbocycles. The molecule has 1 rings (SSSR count). The van der Waals surface area contributed by atoms with E-state index in [0.717, 1.165) is 11.1 Å². The molecule has 0 saturated heterocycles. The van der Waals surface area contributed by atoms with Crippen LogP contribution in [0.15, 0.2) is 18.0 Å². The Hall–Kier alpha value is -1.09. The zero-order chi connectivity index (χ0) is 11.4. The summed E-state index contributed by atoms with van der Waals surface area (Å²) in [5.74, 6) is 0.373. The topological polar surface area (TPSA) is 38.0 Å². The van der Waals surface area contributed by atoms with Crippen LogP contribution in [0.5, 0.6) is 0 Å². The van der Waals surface area contributed by atoms with Gasteiger partial charge in [-0.2, -0.15) is 5.10 Å². The number of nitrogens with zero attached hydrogens (tertiary/aromatic N) is 2. The largest absolute Gasteiger partial charge is 0.392 e. The predicted molar refractivity (Wildman–Crippen MR) is 62.5 cm³/mol. The first-order valence-corrected chi connectivity index (χ1v) is 5.40. The van der Waals surface area contributed by atoms with Gasteiger partial charge in [0.05, 0.1) is 12.8 Å². The number of rotatable bonds is 4. The van der Waals surface area contributed by atoms with Crippen molar-refractivity contribution in [3.8, 4) is 0 Å². The summed E-state index contributed by atoms with van der Waals surface area (Å²) in [5, 5.41) is 13.4. The minimum Gasteiger partial charge on any atom is -0.392 e. The third kappa shape index (κ3) is 3.20. The SMILES string of the molecule is CC(C)C(=Cc1cnn(C(C)C)c1)CO. The van der Waals surface area contributed by atoms with Gasteiger partial charge in [-0.25, -0.2) is 0 Å². The van der Waals surface area contributed by atoms with Crippen LogP contribution in [-0.2, 0) is 0 Å². The molecule has 0 aliphatic rings. The zero-order valence-electron chi connectivity index (χ0n) is 9.94. The molecule has 0 fully saturated rings. The Morgan fingerprint density at radius 3 is 2.53 bits per heavy atom. The van der Waals surface area contributed by atoms with Crippen molar-refractivity contribution in [2.45, 2.75) is 33.7 Å². The minimum atomic E-state index is 0.116. The van der Waals surface area contributed by atoms with Gasteiger partial charge in [0.15, 0.2) is 0 Å². The lowest BCUT2D eigenvalue weighted by Crippen LogP contribution is -2.00. The summed E-state index contributed by atoms with van der Waals surface area (Å²) >= 11 is 0. The third-order valence-corrected chi connectivity index (χ3v) is 2.43. The van der Waals surface area contributed by atoms with Crippen LogP contribution in [0.1, 0.15) is 39.3 Å². The van der Waals surface area contributed by atoms with Crippen molar-refractivity contribution in [2.75, 3.05) is 6.61 Å². The van der Waals surface area contributed by atoms with E-state index in [1.54, 1.807) is 0 Å². The standard InChI is InChI=1S/C12H20N2O/c1-9(2)12(8-15)5-11-6-13-14(7-11)10(3)4/h5-7,9-10,15H,8H2,1-4H3. The fraction of sp³-hybridized carbons (Fsp3) is 0.583. The molecule has 0 amide bonds. The van der Waals surface area contributed by atoms with Gasteiger partial charge in [-0.05, 0) is 25.3 Å². The highest BCUT2D eigenvalue weighted by atomic mass is 16.3. The van der Waals surface area contributed by atoms with Crippen molar-refractivity contribution in [3.05, 3.63) is 23.5 Å². The molecule has 1 N–H and O–H groups in total. The van der Waals surface area contributed by atoms with Gasteiger partial charge in [0, 0.05) is 17.8 Å². The molecule has 0 unspecified atom stereocenters. The Bertz CT molecular complexity index is 337. The van der Waals surface area contributed by atoms with E-state index in [-0.39, 0.29) is 6.61 Å². The van der Waals surface area contributed by atoms with Gasteiger partial charge in [0.2, 0.25) is 0 Å². The van der Waals surface area contributed by atoms with Crippen LogP contribution in [-0.4, -0.2) is 21.5 Å². The Morgan fingerprint density at radius 2 is 2.13 bits per heavy atom. The number of hydrogen-bond donors (Lipinski definition) is 1. The average Bonchev–Trinajstić information content (AvgIpc) is 2.61. The molecule has 0 atom stereocenters. The Morgan fingerprint density at radius 1 is 1.47 bits per heavy atom. The van der Waals surface area contributed by atoms with E-state index in [9.17, 15) is 5.11 Å². The molecule has 0 aliphatic carbocycles. The lowest BCUT2D eigenvalue weighted by atomic mass is 10.0. The fourth-order valence-electron chi connectivity index (χ4n) is 1.32. The minimum absolute atomic E-state index is 0.116. The lowest BCUT2D eigenvalue weighted by molar-refractivity contribution is 0.320. The molecular weight excluding hydrogens is 188 g/mol. The molecule has 0 aromatic carbocycles.